The van der Waals surface area contributed by atoms with Crippen molar-refractivity contribution in [2.45, 2.75) is 13.2 Å². The molecule has 0 aromatic heterocycles. The van der Waals surface area contributed by atoms with Gasteiger partial charge in [-0.1, -0.05) is 42.5 Å². The molecule has 4 heteroatoms. The van der Waals surface area contributed by atoms with Crippen LogP contribution in [-0.4, -0.2) is 13.3 Å². The summed E-state index contributed by atoms with van der Waals surface area (Å²) in [5.41, 5.74) is 1.80. The predicted octanol–water partition coefficient (Wildman–Crippen LogP) is 3.55. The fourth-order valence-electron chi connectivity index (χ4n) is 1.62. The minimum Gasteiger partial charge on any atom is -0.497 e. The Morgan fingerprint density at radius 1 is 0.850 bits per heavy atom. The lowest BCUT2D eigenvalue weighted by molar-refractivity contribution is 0.0446. The summed E-state index contributed by atoms with van der Waals surface area (Å²) in [7, 11) is 1.60. The second-order valence-corrected chi connectivity index (χ2v) is 4.16. The highest BCUT2D eigenvalue weighted by Gasteiger charge is 2.05. The number of benzene rings is 2. The quantitative estimate of drug-likeness (QED) is 0.781. The standard InChI is InChI=1S/C16H16O4/c1-18-15-9-7-14(8-10-15)12-20-16(17)19-11-13-5-3-2-4-6-13/h2-10H,11-12H2,1H3. The number of carbonyl (C=O) groups is 1. The average Bonchev–Trinajstić information content (AvgIpc) is 2.52. The highest BCUT2D eigenvalue weighted by Crippen LogP contribution is 2.12. The first-order valence-corrected chi connectivity index (χ1v) is 6.24. The fraction of sp³-hybridized carbons (Fsp3) is 0.188. The molecule has 2 rings (SSSR count). The molecule has 0 aliphatic rings. The first-order chi connectivity index (χ1) is 9.78. The molecule has 0 saturated heterocycles. The van der Waals surface area contributed by atoms with Crippen LogP contribution in [0.2, 0.25) is 0 Å². The molecule has 0 unspecified atom stereocenters. The zero-order valence-electron chi connectivity index (χ0n) is 11.2. The van der Waals surface area contributed by atoms with E-state index in [1.54, 1.807) is 7.11 Å². The third-order valence-electron chi connectivity index (χ3n) is 2.72. The van der Waals surface area contributed by atoms with E-state index in [9.17, 15) is 4.79 Å². The third kappa shape index (κ3) is 4.31. The number of carbonyl (C=O) groups excluding carboxylic acids is 1. The summed E-state index contributed by atoms with van der Waals surface area (Å²) in [6.07, 6.45) is -0.676. The maximum atomic E-state index is 11.4. The van der Waals surface area contributed by atoms with Crippen LogP contribution < -0.4 is 4.74 Å². The zero-order chi connectivity index (χ0) is 14.2. The largest absolute Gasteiger partial charge is 0.508 e. The van der Waals surface area contributed by atoms with Gasteiger partial charge >= 0.3 is 6.16 Å². The first kappa shape index (κ1) is 13.9. The predicted molar refractivity (Wildman–Crippen MR) is 74.4 cm³/mol. The van der Waals surface area contributed by atoms with E-state index in [2.05, 4.69) is 0 Å². The molecule has 2 aromatic carbocycles. The van der Waals surface area contributed by atoms with Crippen LogP contribution in [0.3, 0.4) is 0 Å². The molecule has 0 fully saturated rings. The Morgan fingerprint density at radius 2 is 1.40 bits per heavy atom. The summed E-state index contributed by atoms with van der Waals surface area (Å²) in [5, 5.41) is 0. The average molecular weight is 272 g/mol. The molecule has 0 aliphatic heterocycles. The van der Waals surface area contributed by atoms with Crippen molar-refractivity contribution in [2.24, 2.45) is 0 Å². The van der Waals surface area contributed by atoms with Crippen LogP contribution in [0, 0.1) is 0 Å². The molecule has 20 heavy (non-hydrogen) atoms. The van der Waals surface area contributed by atoms with Crippen molar-refractivity contribution in [1.29, 1.82) is 0 Å². The van der Waals surface area contributed by atoms with E-state index >= 15 is 0 Å². The molecule has 0 atom stereocenters. The summed E-state index contributed by atoms with van der Waals surface area (Å²) >= 11 is 0. The number of hydrogen-bond acceptors (Lipinski definition) is 4. The van der Waals surface area contributed by atoms with Gasteiger partial charge in [-0.2, -0.15) is 0 Å². The van der Waals surface area contributed by atoms with Gasteiger partial charge in [0, 0.05) is 0 Å². The van der Waals surface area contributed by atoms with Crippen LogP contribution in [0.15, 0.2) is 54.6 Å². The number of methoxy groups -OCH3 is 1. The summed E-state index contributed by atoms with van der Waals surface area (Å²) in [6.45, 7) is 0.389. The molecular weight excluding hydrogens is 256 g/mol. The smallest absolute Gasteiger partial charge is 0.497 e. The Labute approximate surface area is 117 Å². The Balaban J connectivity index is 1.74. The van der Waals surface area contributed by atoms with E-state index in [1.165, 1.54) is 0 Å². The zero-order valence-corrected chi connectivity index (χ0v) is 11.2. The van der Waals surface area contributed by atoms with Crippen LogP contribution in [0.5, 0.6) is 5.75 Å². The lowest BCUT2D eigenvalue weighted by atomic mass is 10.2. The van der Waals surface area contributed by atoms with Gasteiger partial charge in [0.1, 0.15) is 19.0 Å². The summed E-state index contributed by atoms with van der Waals surface area (Å²) < 4.78 is 15.1. The van der Waals surface area contributed by atoms with Gasteiger partial charge in [-0.15, -0.1) is 0 Å². The molecular formula is C16H16O4. The molecule has 0 saturated carbocycles. The topological polar surface area (TPSA) is 44.8 Å². The van der Waals surface area contributed by atoms with Crippen molar-refractivity contribution in [3.05, 3.63) is 65.7 Å². The second kappa shape index (κ2) is 7.19. The maximum absolute atomic E-state index is 11.4. The Hall–Kier alpha value is -2.49. The minimum atomic E-state index is -0.676. The van der Waals surface area contributed by atoms with Crippen LogP contribution in [0.1, 0.15) is 11.1 Å². The number of rotatable bonds is 5. The van der Waals surface area contributed by atoms with Gasteiger partial charge in [0.25, 0.3) is 0 Å². The molecule has 4 nitrogen and oxygen atoms in total. The molecule has 0 N–H and O–H groups in total. The van der Waals surface area contributed by atoms with Gasteiger partial charge in [0.2, 0.25) is 0 Å². The van der Waals surface area contributed by atoms with Crippen molar-refractivity contribution >= 4 is 6.16 Å². The van der Waals surface area contributed by atoms with E-state index < -0.39 is 6.16 Å². The second-order valence-electron chi connectivity index (χ2n) is 4.16. The van der Waals surface area contributed by atoms with E-state index in [0.717, 1.165) is 16.9 Å². The molecule has 0 radical (unpaired) electrons. The lowest BCUT2D eigenvalue weighted by Crippen LogP contribution is -2.07. The summed E-state index contributed by atoms with van der Waals surface area (Å²) in [4.78, 5) is 11.4. The highest BCUT2D eigenvalue weighted by atomic mass is 16.7. The summed E-state index contributed by atoms with van der Waals surface area (Å²) in [6, 6.07) is 16.8. The highest BCUT2D eigenvalue weighted by molar-refractivity contribution is 5.60. The lowest BCUT2D eigenvalue weighted by Gasteiger charge is -2.07. The van der Waals surface area contributed by atoms with Crippen molar-refractivity contribution in [1.82, 2.24) is 0 Å². The molecule has 0 bridgehead atoms. The third-order valence-corrected chi connectivity index (χ3v) is 2.72. The van der Waals surface area contributed by atoms with Gasteiger partial charge in [-0.3, -0.25) is 0 Å². The van der Waals surface area contributed by atoms with Crippen molar-refractivity contribution in [3.8, 4) is 5.75 Å². The van der Waals surface area contributed by atoms with Crippen LogP contribution in [-0.2, 0) is 22.7 Å². The molecule has 0 spiro atoms. The molecule has 2 aromatic rings. The van der Waals surface area contributed by atoms with Gasteiger partial charge in [-0.05, 0) is 23.3 Å². The SMILES string of the molecule is COc1ccc(COC(=O)OCc2ccccc2)cc1. The minimum absolute atomic E-state index is 0.178. The van der Waals surface area contributed by atoms with E-state index in [0.29, 0.717) is 0 Å². The maximum Gasteiger partial charge on any atom is 0.508 e. The Morgan fingerprint density at radius 3 is 1.95 bits per heavy atom. The van der Waals surface area contributed by atoms with Gasteiger partial charge < -0.3 is 14.2 Å². The van der Waals surface area contributed by atoms with Crippen molar-refractivity contribution < 1.29 is 19.0 Å². The van der Waals surface area contributed by atoms with Crippen molar-refractivity contribution in [2.75, 3.05) is 7.11 Å². The Kier molecular flexibility index (Phi) is 5.00. The van der Waals surface area contributed by atoms with E-state index in [1.807, 2.05) is 54.6 Å². The van der Waals surface area contributed by atoms with Gasteiger partial charge in [0.05, 0.1) is 7.11 Å². The van der Waals surface area contributed by atoms with Gasteiger partial charge in [-0.25, -0.2) is 4.79 Å². The normalized spacial score (nSPS) is 9.85. The summed E-state index contributed by atoms with van der Waals surface area (Å²) in [5.74, 6) is 0.764. The molecule has 0 heterocycles. The van der Waals surface area contributed by atoms with Crippen LogP contribution in [0.4, 0.5) is 4.79 Å². The van der Waals surface area contributed by atoms with Crippen LogP contribution in [0.25, 0.3) is 0 Å². The fourth-order valence-corrected chi connectivity index (χ4v) is 1.62. The Bertz CT molecular complexity index is 534. The number of hydrogen-bond donors (Lipinski definition) is 0. The van der Waals surface area contributed by atoms with Crippen molar-refractivity contribution in [3.63, 3.8) is 0 Å². The molecule has 104 valence electrons. The molecule has 0 amide bonds. The first-order valence-electron chi connectivity index (χ1n) is 6.24. The van der Waals surface area contributed by atoms with E-state index in [4.69, 9.17) is 14.2 Å². The van der Waals surface area contributed by atoms with Crippen LogP contribution >= 0.6 is 0 Å². The van der Waals surface area contributed by atoms with Gasteiger partial charge in [0.15, 0.2) is 0 Å². The monoisotopic (exact) mass is 272 g/mol. The molecule has 0 aliphatic carbocycles. The number of ether oxygens (including phenoxy) is 3. The van der Waals surface area contributed by atoms with E-state index in [-0.39, 0.29) is 13.2 Å².